The quantitative estimate of drug-likeness (QED) is 0.935. The fourth-order valence-corrected chi connectivity index (χ4v) is 1.67. The third kappa shape index (κ3) is 2.40. The van der Waals surface area contributed by atoms with Crippen molar-refractivity contribution < 1.29 is 23.1 Å². The molecule has 0 fully saturated rings. The number of hydrogen-bond donors (Lipinski definition) is 1. The second-order valence-electron chi connectivity index (χ2n) is 3.90. The van der Waals surface area contributed by atoms with E-state index in [4.69, 9.17) is 5.11 Å². The first-order valence-electron chi connectivity index (χ1n) is 5.45. The van der Waals surface area contributed by atoms with Crippen LogP contribution in [0.25, 0.3) is 17.3 Å². The highest BCUT2D eigenvalue weighted by Crippen LogP contribution is 2.28. The number of nitrogens with zero attached hydrogens (tertiary/aromatic N) is 1. The minimum atomic E-state index is -1.42. The van der Waals surface area contributed by atoms with Gasteiger partial charge in [-0.1, -0.05) is 12.7 Å². The summed E-state index contributed by atoms with van der Waals surface area (Å²) in [6, 6.07) is 3.63. The average Bonchev–Trinajstić information content (AvgIpc) is 2.39. The molecule has 0 aliphatic rings. The van der Waals surface area contributed by atoms with Crippen LogP contribution < -0.4 is 0 Å². The number of hydrogen-bond acceptors (Lipinski definition) is 2. The maximum Gasteiger partial charge on any atom is 0.354 e. The van der Waals surface area contributed by atoms with Crippen LogP contribution in [-0.2, 0) is 0 Å². The maximum absolute atomic E-state index is 13.9. The molecule has 1 heterocycles. The van der Waals surface area contributed by atoms with Gasteiger partial charge in [-0.05, 0) is 29.8 Å². The van der Waals surface area contributed by atoms with Gasteiger partial charge in [0.2, 0.25) is 0 Å². The van der Waals surface area contributed by atoms with E-state index in [0.717, 1.165) is 24.3 Å². The Morgan fingerprint density at radius 1 is 1.15 bits per heavy atom. The number of rotatable bonds is 3. The summed E-state index contributed by atoms with van der Waals surface area (Å²) < 4.78 is 41.4. The standard InChI is InChI=1S/C14H8F3NO2/c1-2-7-5-9(16)12(10(17)6-7)13-8(15)3-4-11(18-13)14(19)20/h2-6H,1H2,(H,19,20). The van der Waals surface area contributed by atoms with Crippen LogP contribution in [0.4, 0.5) is 13.2 Å². The number of carbonyl (C=O) groups is 1. The SMILES string of the molecule is C=Cc1cc(F)c(-c2nc(C(=O)O)ccc2F)c(F)c1. The van der Waals surface area contributed by atoms with Crippen molar-refractivity contribution in [2.75, 3.05) is 0 Å². The molecular weight excluding hydrogens is 271 g/mol. The van der Waals surface area contributed by atoms with Crippen LogP contribution in [-0.4, -0.2) is 16.1 Å². The number of carboxylic acid groups (broad SMARTS) is 1. The van der Waals surface area contributed by atoms with E-state index < -0.39 is 40.4 Å². The number of pyridine rings is 1. The van der Waals surface area contributed by atoms with Crippen LogP contribution in [0, 0.1) is 17.5 Å². The van der Waals surface area contributed by atoms with Gasteiger partial charge in [0.15, 0.2) is 0 Å². The minimum Gasteiger partial charge on any atom is -0.477 e. The number of aromatic carboxylic acids is 1. The molecule has 20 heavy (non-hydrogen) atoms. The summed E-state index contributed by atoms with van der Waals surface area (Å²) in [4.78, 5) is 14.2. The Morgan fingerprint density at radius 3 is 2.25 bits per heavy atom. The zero-order valence-electron chi connectivity index (χ0n) is 10.0. The first kappa shape index (κ1) is 13.8. The van der Waals surface area contributed by atoms with Gasteiger partial charge in [0.25, 0.3) is 0 Å². The molecule has 0 unspecified atom stereocenters. The zero-order chi connectivity index (χ0) is 14.9. The summed E-state index contributed by atoms with van der Waals surface area (Å²) in [5, 5.41) is 8.78. The summed E-state index contributed by atoms with van der Waals surface area (Å²) in [6.45, 7) is 3.37. The second kappa shape index (κ2) is 5.16. The van der Waals surface area contributed by atoms with Crippen molar-refractivity contribution in [2.24, 2.45) is 0 Å². The Balaban J connectivity index is 2.71. The predicted molar refractivity (Wildman–Crippen MR) is 66.6 cm³/mol. The molecule has 0 radical (unpaired) electrons. The molecule has 0 spiro atoms. The molecule has 0 atom stereocenters. The van der Waals surface area contributed by atoms with Gasteiger partial charge in [-0.3, -0.25) is 0 Å². The maximum atomic E-state index is 13.9. The monoisotopic (exact) mass is 279 g/mol. The molecule has 1 aromatic heterocycles. The molecule has 0 aliphatic carbocycles. The number of aromatic nitrogens is 1. The van der Waals surface area contributed by atoms with Gasteiger partial charge in [-0.2, -0.15) is 0 Å². The van der Waals surface area contributed by atoms with E-state index in [2.05, 4.69) is 11.6 Å². The highest BCUT2D eigenvalue weighted by atomic mass is 19.1. The summed E-state index contributed by atoms with van der Waals surface area (Å²) in [6.07, 6.45) is 1.23. The van der Waals surface area contributed by atoms with E-state index >= 15 is 0 Å². The van der Waals surface area contributed by atoms with E-state index in [0.29, 0.717) is 0 Å². The molecule has 1 N–H and O–H groups in total. The van der Waals surface area contributed by atoms with E-state index in [1.165, 1.54) is 6.08 Å². The Bertz CT molecular complexity index is 691. The molecule has 0 aliphatic heterocycles. The normalized spacial score (nSPS) is 10.3. The molecular formula is C14H8F3NO2. The highest BCUT2D eigenvalue weighted by molar-refractivity contribution is 5.86. The molecule has 6 heteroatoms. The average molecular weight is 279 g/mol. The van der Waals surface area contributed by atoms with Crippen LogP contribution in [0.5, 0.6) is 0 Å². The molecule has 0 saturated heterocycles. The number of benzene rings is 1. The third-order valence-electron chi connectivity index (χ3n) is 2.60. The van der Waals surface area contributed by atoms with Crippen LogP contribution in [0.15, 0.2) is 30.8 Å². The van der Waals surface area contributed by atoms with Gasteiger partial charge in [0.1, 0.15) is 28.8 Å². The van der Waals surface area contributed by atoms with Crippen molar-refractivity contribution in [1.82, 2.24) is 4.98 Å². The molecule has 3 nitrogen and oxygen atoms in total. The van der Waals surface area contributed by atoms with E-state index in [9.17, 15) is 18.0 Å². The van der Waals surface area contributed by atoms with Crippen molar-refractivity contribution in [1.29, 1.82) is 0 Å². The molecule has 0 bridgehead atoms. The smallest absolute Gasteiger partial charge is 0.354 e. The third-order valence-corrected chi connectivity index (χ3v) is 2.60. The number of carboxylic acids is 1. The van der Waals surface area contributed by atoms with E-state index in [-0.39, 0.29) is 5.56 Å². The lowest BCUT2D eigenvalue weighted by Gasteiger charge is -2.08. The lowest BCUT2D eigenvalue weighted by molar-refractivity contribution is 0.0690. The first-order chi connectivity index (χ1) is 9.43. The molecule has 2 rings (SSSR count). The summed E-state index contributed by atoms with van der Waals surface area (Å²) in [5.41, 5.74) is -1.72. The minimum absolute atomic E-state index is 0.179. The van der Waals surface area contributed by atoms with E-state index in [1.54, 1.807) is 0 Å². The Hall–Kier alpha value is -2.63. The summed E-state index contributed by atoms with van der Waals surface area (Å²) >= 11 is 0. The second-order valence-corrected chi connectivity index (χ2v) is 3.90. The topological polar surface area (TPSA) is 50.2 Å². The van der Waals surface area contributed by atoms with Crippen LogP contribution in [0.2, 0.25) is 0 Å². The van der Waals surface area contributed by atoms with Crippen molar-refractivity contribution >= 4 is 12.0 Å². The highest BCUT2D eigenvalue weighted by Gasteiger charge is 2.19. The van der Waals surface area contributed by atoms with Crippen molar-refractivity contribution in [3.05, 3.63) is 59.6 Å². The molecule has 102 valence electrons. The van der Waals surface area contributed by atoms with E-state index in [1.807, 2.05) is 0 Å². The van der Waals surface area contributed by atoms with Crippen LogP contribution >= 0.6 is 0 Å². The van der Waals surface area contributed by atoms with Gasteiger partial charge < -0.3 is 5.11 Å². The molecule has 1 aromatic carbocycles. The van der Waals surface area contributed by atoms with Gasteiger partial charge in [-0.15, -0.1) is 0 Å². The largest absolute Gasteiger partial charge is 0.477 e. The Morgan fingerprint density at radius 2 is 1.75 bits per heavy atom. The first-order valence-corrected chi connectivity index (χ1v) is 5.45. The lowest BCUT2D eigenvalue weighted by atomic mass is 10.1. The van der Waals surface area contributed by atoms with Crippen molar-refractivity contribution in [3.8, 4) is 11.3 Å². The van der Waals surface area contributed by atoms with Crippen LogP contribution in [0.1, 0.15) is 16.1 Å². The van der Waals surface area contributed by atoms with Gasteiger partial charge in [-0.25, -0.2) is 22.9 Å². The molecule has 0 amide bonds. The fourth-order valence-electron chi connectivity index (χ4n) is 1.67. The summed E-state index contributed by atoms with van der Waals surface area (Å²) in [7, 11) is 0. The summed E-state index contributed by atoms with van der Waals surface area (Å²) in [5.74, 6) is -4.53. The molecule has 0 saturated carbocycles. The Kier molecular flexibility index (Phi) is 3.56. The van der Waals surface area contributed by atoms with Gasteiger partial charge in [0.05, 0.1) is 5.56 Å². The Labute approximate surface area is 112 Å². The fraction of sp³-hybridized carbons (Fsp3) is 0. The zero-order valence-corrected chi connectivity index (χ0v) is 10.0. The van der Waals surface area contributed by atoms with Gasteiger partial charge >= 0.3 is 5.97 Å². The van der Waals surface area contributed by atoms with Gasteiger partial charge in [0, 0.05) is 0 Å². The molecule has 2 aromatic rings. The van der Waals surface area contributed by atoms with Crippen molar-refractivity contribution in [2.45, 2.75) is 0 Å². The predicted octanol–water partition coefficient (Wildman–Crippen LogP) is 3.51. The lowest BCUT2D eigenvalue weighted by Crippen LogP contribution is -2.04. The number of halogens is 3. The van der Waals surface area contributed by atoms with Crippen molar-refractivity contribution in [3.63, 3.8) is 0 Å². The van der Waals surface area contributed by atoms with Crippen LogP contribution in [0.3, 0.4) is 0 Å².